The van der Waals surface area contributed by atoms with Gasteiger partial charge in [0.15, 0.2) is 5.96 Å². The molecule has 0 aliphatic carbocycles. The number of nitrogens with two attached hydrogens (primary N) is 1. The van der Waals surface area contributed by atoms with Gasteiger partial charge in [0.25, 0.3) is 0 Å². The molecule has 0 aliphatic heterocycles. The number of aliphatic imine (C=N–C) groups is 1. The molecule has 3 N–H and O–H groups in total. The maximum absolute atomic E-state index is 5.78. The molecule has 0 saturated carbocycles. The Morgan fingerprint density at radius 3 is 2.42 bits per heavy atom. The van der Waals surface area contributed by atoms with E-state index in [0.29, 0.717) is 12.5 Å². The van der Waals surface area contributed by atoms with E-state index in [1.54, 1.807) is 0 Å². The second kappa shape index (κ2) is 8.24. The number of hydrogen-bond acceptors (Lipinski definition) is 2. The Hall–Kier alpha value is -0.980. The van der Waals surface area contributed by atoms with Gasteiger partial charge in [0.05, 0.1) is 6.54 Å². The van der Waals surface area contributed by atoms with Gasteiger partial charge in [-0.2, -0.15) is 0 Å². The summed E-state index contributed by atoms with van der Waals surface area (Å²) in [7, 11) is 0. The van der Waals surface area contributed by atoms with E-state index in [2.05, 4.69) is 10.3 Å². The van der Waals surface area contributed by atoms with E-state index in [1.165, 1.54) is 0 Å². The first-order chi connectivity index (χ1) is 8.37. The van der Waals surface area contributed by atoms with E-state index in [4.69, 9.17) is 10.5 Å². The molecule has 5 heteroatoms. The molecular formula is C14H24IN3O. The van der Waals surface area contributed by atoms with Gasteiger partial charge in [-0.3, -0.25) is 0 Å². The second-order valence-electron chi connectivity index (χ2n) is 5.34. The monoisotopic (exact) mass is 377 g/mol. The molecule has 0 spiro atoms. The Balaban J connectivity index is 0.00000324. The van der Waals surface area contributed by atoms with Gasteiger partial charge in [-0.05, 0) is 39.8 Å². The van der Waals surface area contributed by atoms with Crippen LogP contribution in [0, 0.1) is 0 Å². The number of benzene rings is 1. The van der Waals surface area contributed by atoms with Crippen molar-refractivity contribution in [2.45, 2.75) is 39.3 Å². The Morgan fingerprint density at radius 1 is 1.32 bits per heavy atom. The zero-order valence-electron chi connectivity index (χ0n) is 12.0. The molecule has 0 aromatic heterocycles. The Labute approximate surface area is 132 Å². The predicted molar refractivity (Wildman–Crippen MR) is 91.3 cm³/mol. The quantitative estimate of drug-likeness (QED) is 0.482. The van der Waals surface area contributed by atoms with Crippen molar-refractivity contribution in [1.29, 1.82) is 0 Å². The van der Waals surface area contributed by atoms with Crippen molar-refractivity contribution < 1.29 is 4.74 Å². The van der Waals surface area contributed by atoms with Gasteiger partial charge in [-0.1, -0.05) is 18.2 Å². The zero-order valence-corrected chi connectivity index (χ0v) is 14.3. The van der Waals surface area contributed by atoms with Crippen LogP contribution < -0.4 is 15.8 Å². The van der Waals surface area contributed by atoms with Crippen LogP contribution in [0.3, 0.4) is 0 Å². The third kappa shape index (κ3) is 8.69. The van der Waals surface area contributed by atoms with Gasteiger partial charge in [0, 0.05) is 5.54 Å². The summed E-state index contributed by atoms with van der Waals surface area (Å²) in [4.78, 5) is 4.26. The van der Waals surface area contributed by atoms with Crippen molar-refractivity contribution in [3.63, 3.8) is 0 Å². The largest absolute Gasteiger partial charge is 0.489 e. The fourth-order valence-corrected chi connectivity index (χ4v) is 1.42. The molecule has 0 heterocycles. The highest BCUT2D eigenvalue weighted by molar-refractivity contribution is 14.0. The number of nitrogens with zero attached hydrogens (tertiary/aromatic N) is 1. The standard InChI is InChI=1S/C14H23N3O.HI/c1-11(18-12-8-6-5-7-9-12)10-16-13(15)17-14(2,3)4;/h5-9,11H,10H2,1-4H3,(H3,15,16,17);1H. The van der Waals surface area contributed by atoms with Gasteiger partial charge >= 0.3 is 0 Å². The summed E-state index contributed by atoms with van der Waals surface area (Å²) in [6, 6.07) is 9.70. The maximum Gasteiger partial charge on any atom is 0.189 e. The molecule has 0 bridgehead atoms. The number of rotatable bonds is 4. The van der Waals surface area contributed by atoms with Crippen LogP contribution in [0.15, 0.2) is 35.3 Å². The van der Waals surface area contributed by atoms with Gasteiger partial charge in [-0.15, -0.1) is 24.0 Å². The zero-order chi connectivity index (χ0) is 13.6. The van der Waals surface area contributed by atoms with Crippen LogP contribution in [0.1, 0.15) is 27.7 Å². The van der Waals surface area contributed by atoms with Crippen LogP contribution in [-0.2, 0) is 0 Å². The van der Waals surface area contributed by atoms with Crippen molar-refractivity contribution >= 4 is 29.9 Å². The summed E-state index contributed by atoms with van der Waals surface area (Å²) in [6.45, 7) is 8.63. The van der Waals surface area contributed by atoms with E-state index in [1.807, 2.05) is 58.0 Å². The van der Waals surface area contributed by atoms with Crippen LogP contribution in [0.2, 0.25) is 0 Å². The molecule has 0 fully saturated rings. The lowest BCUT2D eigenvalue weighted by atomic mass is 10.1. The fraction of sp³-hybridized carbons (Fsp3) is 0.500. The normalized spacial score (nSPS) is 13.4. The lowest BCUT2D eigenvalue weighted by molar-refractivity contribution is 0.230. The highest BCUT2D eigenvalue weighted by Gasteiger charge is 2.10. The molecule has 0 radical (unpaired) electrons. The first kappa shape index (κ1) is 18.0. The summed E-state index contributed by atoms with van der Waals surface area (Å²) >= 11 is 0. The number of hydrogen-bond donors (Lipinski definition) is 2. The molecule has 0 aliphatic rings. The summed E-state index contributed by atoms with van der Waals surface area (Å²) in [5, 5.41) is 3.11. The molecule has 1 rings (SSSR count). The summed E-state index contributed by atoms with van der Waals surface area (Å²) in [6.07, 6.45) is -0.00674. The van der Waals surface area contributed by atoms with Gasteiger partial charge in [0.2, 0.25) is 0 Å². The SMILES string of the molecule is CC(CN=C(N)NC(C)(C)C)Oc1ccccc1.I. The summed E-state index contributed by atoms with van der Waals surface area (Å²) in [5.41, 5.74) is 5.71. The Bertz CT molecular complexity index is 387. The number of nitrogens with one attached hydrogen (secondary N) is 1. The Kier molecular flexibility index (Phi) is 7.82. The van der Waals surface area contributed by atoms with Crippen molar-refractivity contribution in [2.75, 3.05) is 6.54 Å². The van der Waals surface area contributed by atoms with E-state index >= 15 is 0 Å². The van der Waals surface area contributed by atoms with Crippen LogP contribution in [-0.4, -0.2) is 24.1 Å². The van der Waals surface area contributed by atoms with Crippen LogP contribution in [0.25, 0.3) is 0 Å². The van der Waals surface area contributed by atoms with Crippen LogP contribution in [0.4, 0.5) is 0 Å². The number of guanidine groups is 1. The minimum absolute atomic E-state index is 0. The predicted octanol–water partition coefficient (Wildman–Crippen LogP) is 2.77. The lowest BCUT2D eigenvalue weighted by Crippen LogP contribution is -2.45. The third-order valence-electron chi connectivity index (χ3n) is 2.10. The molecule has 19 heavy (non-hydrogen) atoms. The lowest BCUT2D eigenvalue weighted by Gasteiger charge is -2.21. The van der Waals surface area contributed by atoms with Crippen molar-refractivity contribution in [3.8, 4) is 5.75 Å². The molecule has 1 aromatic carbocycles. The topological polar surface area (TPSA) is 59.6 Å². The molecule has 0 amide bonds. The highest BCUT2D eigenvalue weighted by atomic mass is 127. The van der Waals surface area contributed by atoms with Crippen molar-refractivity contribution in [3.05, 3.63) is 30.3 Å². The summed E-state index contributed by atoms with van der Waals surface area (Å²) in [5.74, 6) is 1.30. The van der Waals surface area contributed by atoms with E-state index < -0.39 is 0 Å². The van der Waals surface area contributed by atoms with E-state index in [-0.39, 0.29) is 35.6 Å². The third-order valence-corrected chi connectivity index (χ3v) is 2.10. The minimum Gasteiger partial charge on any atom is -0.489 e. The molecule has 108 valence electrons. The van der Waals surface area contributed by atoms with Gasteiger partial charge in [-0.25, -0.2) is 4.99 Å². The molecule has 1 unspecified atom stereocenters. The Morgan fingerprint density at radius 2 is 1.89 bits per heavy atom. The highest BCUT2D eigenvalue weighted by Crippen LogP contribution is 2.10. The minimum atomic E-state index is -0.0723. The van der Waals surface area contributed by atoms with Gasteiger partial charge in [0.1, 0.15) is 11.9 Å². The van der Waals surface area contributed by atoms with Crippen LogP contribution >= 0.6 is 24.0 Å². The number of para-hydroxylation sites is 1. The molecule has 1 atom stereocenters. The fourth-order valence-electron chi connectivity index (χ4n) is 1.42. The van der Waals surface area contributed by atoms with E-state index in [0.717, 1.165) is 5.75 Å². The molecule has 1 aromatic rings. The van der Waals surface area contributed by atoms with Crippen molar-refractivity contribution in [2.24, 2.45) is 10.7 Å². The van der Waals surface area contributed by atoms with Gasteiger partial charge < -0.3 is 15.8 Å². The summed E-state index contributed by atoms with van der Waals surface area (Å²) < 4.78 is 5.70. The average molecular weight is 377 g/mol. The number of halogens is 1. The second-order valence-corrected chi connectivity index (χ2v) is 5.34. The molecule has 0 saturated heterocycles. The average Bonchev–Trinajstić information content (AvgIpc) is 2.25. The first-order valence-electron chi connectivity index (χ1n) is 6.16. The molecule has 4 nitrogen and oxygen atoms in total. The maximum atomic E-state index is 5.78. The smallest absolute Gasteiger partial charge is 0.189 e. The van der Waals surface area contributed by atoms with Crippen LogP contribution in [0.5, 0.6) is 5.75 Å². The molecular weight excluding hydrogens is 353 g/mol. The number of ether oxygens (including phenoxy) is 1. The van der Waals surface area contributed by atoms with Crippen molar-refractivity contribution in [1.82, 2.24) is 5.32 Å². The van der Waals surface area contributed by atoms with E-state index in [9.17, 15) is 0 Å². The first-order valence-corrected chi connectivity index (χ1v) is 6.16.